The van der Waals surface area contributed by atoms with Crippen LogP contribution in [0.15, 0.2) is 40.9 Å². The summed E-state index contributed by atoms with van der Waals surface area (Å²) in [6.07, 6.45) is 0. The van der Waals surface area contributed by atoms with Crippen molar-refractivity contribution in [2.45, 2.75) is 6.92 Å². The fourth-order valence-corrected chi connectivity index (χ4v) is 2.04. The quantitative estimate of drug-likeness (QED) is 0.843. The van der Waals surface area contributed by atoms with Crippen LogP contribution in [-0.4, -0.2) is 13.0 Å². The van der Waals surface area contributed by atoms with Crippen LogP contribution in [0.3, 0.4) is 0 Å². The molecule has 0 atom stereocenters. The predicted octanol–water partition coefficient (Wildman–Crippen LogP) is 3.60. The summed E-state index contributed by atoms with van der Waals surface area (Å²) in [5.74, 6) is 0.380. The Morgan fingerprint density at radius 1 is 1.25 bits per heavy atom. The average molecular weight is 335 g/mol. The maximum absolute atomic E-state index is 12.2. The third-order valence-electron chi connectivity index (χ3n) is 2.92. The Morgan fingerprint density at radius 2 is 2.00 bits per heavy atom. The highest BCUT2D eigenvalue weighted by atomic mass is 79.9. The standard InChI is InChI=1S/C15H15BrN2O2/c1-9-7-10(3-6-13(9)16)18-15(19)12-5-4-11(20-2)8-14(12)17/h3-8H,17H2,1-2H3,(H,18,19). The molecule has 104 valence electrons. The lowest BCUT2D eigenvalue weighted by atomic mass is 10.1. The summed E-state index contributed by atoms with van der Waals surface area (Å²) < 4.78 is 6.06. The Balaban J connectivity index is 2.21. The van der Waals surface area contributed by atoms with E-state index in [9.17, 15) is 4.79 Å². The summed E-state index contributed by atoms with van der Waals surface area (Å²) >= 11 is 3.42. The molecule has 2 aromatic rings. The molecule has 0 aromatic heterocycles. The molecular weight excluding hydrogens is 320 g/mol. The van der Waals surface area contributed by atoms with Crippen molar-refractivity contribution in [3.05, 3.63) is 52.0 Å². The molecule has 20 heavy (non-hydrogen) atoms. The number of carbonyl (C=O) groups is 1. The lowest BCUT2D eigenvalue weighted by molar-refractivity contribution is 0.102. The molecule has 0 aliphatic carbocycles. The maximum Gasteiger partial charge on any atom is 0.257 e. The first kappa shape index (κ1) is 14.4. The molecule has 2 rings (SSSR count). The van der Waals surface area contributed by atoms with E-state index in [0.717, 1.165) is 15.7 Å². The number of hydrogen-bond acceptors (Lipinski definition) is 3. The second-order valence-corrected chi connectivity index (χ2v) is 5.23. The van der Waals surface area contributed by atoms with Gasteiger partial charge in [-0.3, -0.25) is 4.79 Å². The minimum atomic E-state index is -0.244. The van der Waals surface area contributed by atoms with Gasteiger partial charge in [0.15, 0.2) is 0 Å². The summed E-state index contributed by atoms with van der Waals surface area (Å²) in [6, 6.07) is 10.6. The van der Waals surface area contributed by atoms with Crippen molar-refractivity contribution in [1.82, 2.24) is 0 Å². The molecule has 4 nitrogen and oxygen atoms in total. The number of anilines is 2. The summed E-state index contributed by atoms with van der Waals surface area (Å²) in [6.45, 7) is 1.96. The number of benzene rings is 2. The Morgan fingerprint density at radius 3 is 2.60 bits per heavy atom. The fraction of sp³-hybridized carbons (Fsp3) is 0.133. The molecule has 0 aliphatic heterocycles. The van der Waals surface area contributed by atoms with Crippen LogP contribution in [0, 0.1) is 6.92 Å². The largest absolute Gasteiger partial charge is 0.497 e. The number of aryl methyl sites for hydroxylation is 1. The van der Waals surface area contributed by atoms with Gasteiger partial charge in [0.05, 0.1) is 12.7 Å². The maximum atomic E-state index is 12.2. The molecule has 0 saturated carbocycles. The van der Waals surface area contributed by atoms with E-state index >= 15 is 0 Å². The topological polar surface area (TPSA) is 64.3 Å². The fourth-order valence-electron chi connectivity index (χ4n) is 1.80. The number of halogens is 1. The van der Waals surface area contributed by atoms with Gasteiger partial charge >= 0.3 is 0 Å². The molecular formula is C15H15BrN2O2. The normalized spacial score (nSPS) is 10.2. The second-order valence-electron chi connectivity index (χ2n) is 4.37. The zero-order valence-electron chi connectivity index (χ0n) is 11.2. The Kier molecular flexibility index (Phi) is 4.29. The minimum absolute atomic E-state index is 0.244. The molecule has 3 N–H and O–H groups in total. The first-order chi connectivity index (χ1) is 9.51. The highest BCUT2D eigenvalue weighted by molar-refractivity contribution is 9.10. The molecule has 5 heteroatoms. The lowest BCUT2D eigenvalue weighted by Crippen LogP contribution is -2.14. The monoisotopic (exact) mass is 334 g/mol. The van der Waals surface area contributed by atoms with Crippen LogP contribution in [0.25, 0.3) is 0 Å². The molecule has 0 bridgehead atoms. The van der Waals surface area contributed by atoms with Crippen LogP contribution in [0.5, 0.6) is 5.75 Å². The molecule has 0 fully saturated rings. The molecule has 0 spiro atoms. The van der Waals surface area contributed by atoms with Gasteiger partial charge in [0.25, 0.3) is 5.91 Å². The minimum Gasteiger partial charge on any atom is -0.497 e. The van der Waals surface area contributed by atoms with Gasteiger partial charge in [0, 0.05) is 21.9 Å². The number of nitrogens with one attached hydrogen (secondary N) is 1. The van der Waals surface area contributed by atoms with Crippen molar-refractivity contribution in [2.24, 2.45) is 0 Å². The van der Waals surface area contributed by atoms with Crippen LogP contribution >= 0.6 is 15.9 Å². The van der Waals surface area contributed by atoms with Crippen LogP contribution in [-0.2, 0) is 0 Å². The number of nitrogen functional groups attached to an aromatic ring is 1. The number of nitrogens with two attached hydrogens (primary N) is 1. The van der Waals surface area contributed by atoms with E-state index < -0.39 is 0 Å². The van der Waals surface area contributed by atoms with Crippen molar-refractivity contribution in [2.75, 3.05) is 18.2 Å². The van der Waals surface area contributed by atoms with E-state index in [4.69, 9.17) is 10.5 Å². The highest BCUT2D eigenvalue weighted by Gasteiger charge is 2.11. The first-order valence-corrected chi connectivity index (χ1v) is 6.81. The van der Waals surface area contributed by atoms with Gasteiger partial charge in [0.1, 0.15) is 5.75 Å². The summed E-state index contributed by atoms with van der Waals surface area (Å²) in [4.78, 5) is 12.2. The van der Waals surface area contributed by atoms with Gasteiger partial charge in [0.2, 0.25) is 0 Å². The van der Waals surface area contributed by atoms with Crippen LogP contribution in [0.4, 0.5) is 11.4 Å². The van der Waals surface area contributed by atoms with Gasteiger partial charge in [-0.15, -0.1) is 0 Å². The van der Waals surface area contributed by atoms with Crippen molar-refractivity contribution in [3.63, 3.8) is 0 Å². The first-order valence-electron chi connectivity index (χ1n) is 6.02. The van der Waals surface area contributed by atoms with Gasteiger partial charge in [-0.05, 0) is 42.8 Å². The van der Waals surface area contributed by atoms with Crippen molar-refractivity contribution in [1.29, 1.82) is 0 Å². The van der Waals surface area contributed by atoms with E-state index in [1.807, 2.05) is 25.1 Å². The summed E-state index contributed by atoms with van der Waals surface area (Å²) in [7, 11) is 1.55. The van der Waals surface area contributed by atoms with E-state index in [2.05, 4.69) is 21.2 Å². The van der Waals surface area contributed by atoms with Crippen LogP contribution in [0.2, 0.25) is 0 Å². The lowest BCUT2D eigenvalue weighted by Gasteiger charge is -2.10. The van der Waals surface area contributed by atoms with E-state index in [-0.39, 0.29) is 5.91 Å². The number of carbonyl (C=O) groups excluding carboxylic acids is 1. The summed E-state index contributed by atoms with van der Waals surface area (Å²) in [5, 5.41) is 2.82. The number of amides is 1. The molecule has 1 amide bonds. The van der Waals surface area contributed by atoms with Crippen LogP contribution in [0.1, 0.15) is 15.9 Å². The van der Waals surface area contributed by atoms with Gasteiger partial charge in [-0.2, -0.15) is 0 Å². The number of hydrogen-bond donors (Lipinski definition) is 2. The van der Waals surface area contributed by atoms with Crippen molar-refractivity contribution < 1.29 is 9.53 Å². The Hall–Kier alpha value is -2.01. The number of rotatable bonds is 3. The third-order valence-corrected chi connectivity index (χ3v) is 3.81. The zero-order chi connectivity index (χ0) is 14.7. The molecule has 0 aliphatic rings. The highest BCUT2D eigenvalue weighted by Crippen LogP contribution is 2.23. The van der Waals surface area contributed by atoms with Crippen molar-refractivity contribution >= 4 is 33.2 Å². The SMILES string of the molecule is COc1ccc(C(=O)Nc2ccc(Br)c(C)c2)c(N)c1. The third kappa shape index (κ3) is 3.11. The average Bonchev–Trinajstić information content (AvgIpc) is 2.42. The van der Waals surface area contributed by atoms with Gasteiger partial charge < -0.3 is 15.8 Å². The second kappa shape index (κ2) is 5.96. The van der Waals surface area contributed by atoms with E-state index in [1.165, 1.54) is 0 Å². The molecule has 2 aromatic carbocycles. The summed E-state index contributed by atoms with van der Waals surface area (Å²) in [5.41, 5.74) is 8.44. The number of methoxy groups -OCH3 is 1. The van der Waals surface area contributed by atoms with E-state index in [1.54, 1.807) is 25.3 Å². The van der Waals surface area contributed by atoms with Crippen LogP contribution < -0.4 is 15.8 Å². The smallest absolute Gasteiger partial charge is 0.257 e. The van der Waals surface area contributed by atoms with E-state index in [0.29, 0.717) is 17.0 Å². The predicted molar refractivity (Wildman–Crippen MR) is 84.2 cm³/mol. The Bertz CT molecular complexity index is 656. The Labute approximate surface area is 126 Å². The van der Waals surface area contributed by atoms with Gasteiger partial charge in [-0.1, -0.05) is 15.9 Å². The number of ether oxygens (including phenoxy) is 1. The molecule has 0 radical (unpaired) electrons. The molecule has 0 unspecified atom stereocenters. The van der Waals surface area contributed by atoms with Gasteiger partial charge in [-0.25, -0.2) is 0 Å². The molecule has 0 saturated heterocycles. The van der Waals surface area contributed by atoms with Crippen molar-refractivity contribution in [3.8, 4) is 5.75 Å². The zero-order valence-corrected chi connectivity index (χ0v) is 12.8. The molecule has 0 heterocycles.